The van der Waals surface area contributed by atoms with Crippen molar-refractivity contribution in [1.29, 1.82) is 0 Å². The lowest BCUT2D eigenvalue weighted by molar-refractivity contribution is 0.595. The molecule has 0 spiro atoms. The summed E-state index contributed by atoms with van der Waals surface area (Å²) >= 11 is 6.24. The van der Waals surface area contributed by atoms with Crippen molar-refractivity contribution in [3.05, 3.63) is 24.3 Å². The lowest BCUT2D eigenvalue weighted by Gasteiger charge is -2.14. The lowest BCUT2D eigenvalue weighted by atomic mass is 10.2. The molecule has 0 heterocycles. The van der Waals surface area contributed by atoms with Gasteiger partial charge in [0.05, 0.1) is 21.7 Å². The number of hydrogen-bond acceptors (Lipinski definition) is 3. The van der Waals surface area contributed by atoms with Gasteiger partial charge >= 0.3 is 0 Å². The highest BCUT2D eigenvalue weighted by Crippen LogP contribution is 2.36. The van der Waals surface area contributed by atoms with E-state index in [1.807, 2.05) is 13.0 Å². The highest BCUT2D eigenvalue weighted by Gasteiger charge is 2.29. The summed E-state index contributed by atoms with van der Waals surface area (Å²) in [6.45, 7) is 2.49. The Morgan fingerprint density at radius 2 is 2.05 bits per heavy atom. The molecule has 2 rings (SSSR count). The summed E-state index contributed by atoms with van der Waals surface area (Å²) in [4.78, 5) is 0.386. The molecule has 0 aromatic heterocycles. The first-order valence-corrected chi connectivity index (χ1v) is 8.83. The van der Waals surface area contributed by atoms with Crippen molar-refractivity contribution >= 4 is 27.1 Å². The molecule has 1 aliphatic carbocycles. The summed E-state index contributed by atoms with van der Waals surface area (Å²) in [5, 5.41) is 3.27. The van der Waals surface area contributed by atoms with Crippen molar-refractivity contribution < 1.29 is 8.42 Å². The monoisotopic (exact) mass is 301 g/mol. The van der Waals surface area contributed by atoms with Gasteiger partial charge in [-0.2, -0.15) is 0 Å². The zero-order valence-corrected chi connectivity index (χ0v) is 12.7. The number of benzene rings is 1. The number of nitrogens with one attached hydrogen (secondary N) is 1. The van der Waals surface area contributed by atoms with E-state index in [1.54, 1.807) is 18.2 Å². The van der Waals surface area contributed by atoms with Crippen LogP contribution in [0, 0.1) is 5.92 Å². The van der Waals surface area contributed by atoms with Gasteiger partial charge in [-0.3, -0.25) is 0 Å². The maximum Gasteiger partial charge on any atom is 0.180 e. The Bertz CT molecular complexity index is 526. The molecule has 5 heteroatoms. The number of rotatable bonds is 7. The van der Waals surface area contributed by atoms with Crippen molar-refractivity contribution in [3.63, 3.8) is 0 Å². The highest BCUT2D eigenvalue weighted by molar-refractivity contribution is 7.91. The van der Waals surface area contributed by atoms with Gasteiger partial charge in [-0.15, -0.1) is 11.6 Å². The van der Waals surface area contributed by atoms with Gasteiger partial charge in [0.2, 0.25) is 0 Å². The summed E-state index contributed by atoms with van der Waals surface area (Å²) in [6, 6.07) is 7.06. The van der Waals surface area contributed by atoms with E-state index in [-0.39, 0.29) is 11.1 Å². The summed E-state index contributed by atoms with van der Waals surface area (Å²) in [5.74, 6) is 0.770. The normalized spacial score (nSPS) is 17.2. The number of halogens is 1. The third kappa shape index (κ3) is 3.86. The quantitative estimate of drug-likeness (QED) is 0.786. The van der Waals surface area contributed by atoms with Crippen molar-refractivity contribution in [2.75, 3.05) is 17.6 Å². The Morgan fingerprint density at radius 1 is 1.37 bits per heavy atom. The molecule has 1 aromatic carbocycles. The van der Waals surface area contributed by atoms with Crippen LogP contribution in [0.15, 0.2) is 29.2 Å². The summed E-state index contributed by atoms with van der Waals surface area (Å²) in [6.07, 6.45) is 2.99. The molecule has 3 nitrogen and oxygen atoms in total. The average Bonchev–Trinajstić information content (AvgIpc) is 3.20. The Labute approximate surface area is 120 Å². The zero-order chi connectivity index (χ0) is 13.9. The van der Waals surface area contributed by atoms with Crippen LogP contribution in [0.5, 0.6) is 0 Å². The van der Waals surface area contributed by atoms with E-state index < -0.39 is 9.84 Å². The van der Waals surface area contributed by atoms with Crippen LogP contribution in [0.4, 0.5) is 5.69 Å². The fraction of sp³-hybridized carbons (Fsp3) is 0.571. The maximum absolute atomic E-state index is 12.2. The second-order valence-corrected chi connectivity index (χ2v) is 7.69. The summed E-state index contributed by atoms with van der Waals surface area (Å²) < 4.78 is 24.3. The largest absolute Gasteiger partial charge is 0.382 e. The fourth-order valence-corrected chi connectivity index (χ4v) is 3.94. The third-order valence-electron chi connectivity index (χ3n) is 3.32. The lowest BCUT2D eigenvalue weighted by Crippen LogP contribution is -2.18. The van der Waals surface area contributed by atoms with Crippen molar-refractivity contribution in [3.8, 4) is 0 Å². The minimum atomic E-state index is -3.20. The molecular formula is C14H20ClNO2S. The first-order chi connectivity index (χ1) is 9.04. The SMILES string of the molecule is CCCS(=O)(=O)c1ccccc1NCC(Cl)C1CC1. The second-order valence-electron chi connectivity index (χ2n) is 5.05. The number of sulfone groups is 1. The van der Waals surface area contributed by atoms with Crippen LogP contribution in [-0.2, 0) is 9.84 Å². The molecule has 0 amide bonds. The Balaban J connectivity index is 2.11. The van der Waals surface area contributed by atoms with Crippen LogP contribution in [-0.4, -0.2) is 26.1 Å². The van der Waals surface area contributed by atoms with E-state index >= 15 is 0 Å². The van der Waals surface area contributed by atoms with Gasteiger partial charge in [0.15, 0.2) is 9.84 Å². The topological polar surface area (TPSA) is 46.2 Å². The Kier molecular flexibility index (Phi) is 4.74. The number of alkyl halides is 1. The van der Waals surface area contributed by atoms with Crippen LogP contribution in [0.3, 0.4) is 0 Å². The minimum Gasteiger partial charge on any atom is -0.382 e. The van der Waals surface area contributed by atoms with Crippen LogP contribution in [0.2, 0.25) is 0 Å². The van der Waals surface area contributed by atoms with Crippen LogP contribution in [0.25, 0.3) is 0 Å². The zero-order valence-electron chi connectivity index (χ0n) is 11.1. The van der Waals surface area contributed by atoms with Crippen LogP contribution >= 0.6 is 11.6 Å². The van der Waals surface area contributed by atoms with Gasteiger partial charge in [-0.05, 0) is 37.3 Å². The molecule has 1 unspecified atom stereocenters. The van der Waals surface area contributed by atoms with E-state index in [1.165, 1.54) is 12.8 Å². The molecule has 0 aliphatic heterocycles. The Morgan fingerprint density at radius 3 is 2.68 bits per heavy atom. The summed E-state index contributed by atoms with van der Waals surface area (Å²) in [7, 11) is -3.20. The highest BCUT2D eigenvalue weighted by atomic mass is 35.5. The van der Waals surface area contributed by atoms with Gasteiger partial charge < -0.3 is 5.32 Å². The first kappa shape index (κ1) is 14.7. The number of anilines is 1. The van der Waals surface area contributed by atoms with E-state index in [0.29, 0.717) is 29.5 Å². The smallest absolute Gasteiger partial charge is 0.180 e. The van der Waals surface area contributed by atoms with E-state index in [0.717, 1.165) is 0 Å². The van der Waals surface area contributed by atoms with Gasteiger partial charge in [0, 0.05) is 6.54 Å². The van der Waals surface area contributed by atoms with Crippen LogP contribution < -0.4 is 5.32 Å². The molecule has 106 valence electrons. The molecule has 1 saturated carbocycles. The number of hydrogen-bond donors (Lipinski definition) is 1. The standard InChI is InChI=1S/C14H20ClNO2S/c1-2-9-19(17,18)14-6-4-3-5-13(14)16-10-12(15)11-7-8-11/h3-6,11-12,16H,2,7-10H2,1H3. The van der Waals surface area contributed by atoms with Gasteiger partial charge in [-0.1, -0.05) is 19.1 Å². The van der Waals surface area contributed by atoms with E-state index in [2.05, 4.69) is 5.32 Å². The van der Waals surface area contributed by atoms with E-state index in [9.17, 15) is 8.42 Å². The molecule has 0 bridgehead atoms. The van der Waals surface area contributed by atoms with Crippen molar-refractivity contribution in [2.24, 2.45) is 5.92 Å². The summed E-state index contributed by atoms with van der Waals surface area (Å²) in [5.41, 5.74) is 0.669. The van der Waals surface area contributed by atoms with Crippen molar-refractivity contribution in [1.82, 2.24) is 0 Å². The minimum absolute atomic E-state index is 0.0851. The first-order valence-electron chi connectivity index (χ1n) is 6.74. The molecular weight excluding hydrogens is 282 g/mol. The molecule has 1 N–H and O–H groups in total. The maximum atomic E-state index is 12.2. The van der Waals surface area contributed by atoms with Gasteiger partial charge in [0.25, 0.3) is 0 Å². The molecule has 1 fully saturated rings. The third-order valence-corrected chi connectivity index (χ3v) is 5.80. The van der Waals surface area contributed by atoms with E-state index in [4.69, 9.17) is 11.6 Å². The second kappa shape index (κ2) is 6.14. The number of para-hydroxylation sites is 1. The van der Waals surface area contributed by atoms with Gasteiger partial charge in [0.1, 0.15) is 0 Å². The molecule has 1 atom stereocenters. The Hall–Kier alpha value is -0.740. The molecule has 0 saturated heterocycles. The molecule has 1 aliphatic rings. The fourth-order valence-electron chi connectivity index (χ4n) is 2.09. The molecule has 1 aromatic rings. The molecule has 19 heavy (non-hydrogen) atoms. The van der Waals surface area contributed by atoms with Crippen molar-refractivity contribution in [2.45, 2.75) is 36.5 Å². The molecule has 0 radical (unpaired) electrons. The average molecular weight is 302 g/mol. The predicted molar refractivity (Wildman–Crippen MR) is 79.6 cm³/mol. The predicted octanol–water partition coefficient (Wildman–Crippen LogP) is 3.30. The van der Waals surface area contributed by atoms with Gasteiger partial charge in [-0.25, -0.2) is 8.42 Å². The van der Waals surface area contributed by atoms with Crippen LogP contribution in [0.1, 0.15) is 26.2 Å².